The summed E-state index contributed by atoms with van der Waals surface area (Å²) in [4.78, 5) is 16.6. The fraction of sp³-hybridized carbons (Fsp3) is 0.200. The second-order valence-corrected chi connectivity index (χ2v) is 6.19. The molecule has 2 aromatic carbocycles. The van der Waals surface area contributed by atoms with Gasteiger partial charge in [-0.3, -0.25) is 0 Å². The number of hydrogen-bond donors (Lipinski definition) is 2. The maximum Gasteiger partial charge on any atom is 0.319 e. The predicted octanol–water partition coefficient (Wildman–Crippen LogP) is 3.27. The fourth-order valence-corrected chi connectivity index (χ4v) is 2.97. The van der Waals surface area contributed by atoms with E-state index in [-0.39, 0.29) is 12.1 Å². The number of nitrogens with zero attached hydrogens (tertiary/aromatic N) is 2. The van der Waals surface area contributed by atoms with Crippen LogP contribution < -0.4 is 10.6 Å². The zero-order valence-electron chi connectivity index (χ0n) is 14.3. The van der Waals surface area contributed by atoms with E-state index < -0.39 is 0 Å². The van der Waals surface area contributed by atoms with Crippen molar-refractivity contribution in [3.63, 3.8) is 0 Å². The van der Waals surface area contributed by atoms with Crippen molar-refractivity contribution in [2.45, 2.75) is 19.3 Å². The number of fused-ring (bicyclic) bond motifs is 1. The highest BCUT2D eigenvalue weighted by Gasteiger charge is 2.21. The van der Waals surface area contributed by atoms with Crippen LogP contribution in [0.3, 0.4) is 0 Å². The number of nitrogens with one attached hydrogen (secondary N) is 2. The molecular weight excluding hydrogens is 328 g/mol. The van der Waals surface area contributed by atoms with Gasteiger partial charge < -0.3 is 19.9 Å². The number of urea groups is 1. The van der Waals surface area contributed by atoms with Crippen LogP contribution in [0.5, 0.6) is 0 Å². The van der Waals surface area contributed by atoms with E-state index in [2.05, 4.69) is 20.2 Å². The van der Waals surface area contributed by atoms with Gasteiger partial charge in [0.05, 0.1) is 18.3 Å². The van der Waals surface area contributed by atoms with Gasteiger partial charge in [0.1, 0.15) is 12.4 Å². The Morgan fingerprint density at radius 1 is 1.12 bits per heavy atom. The van der Waals surface area contributed by atoms with Crippen molar-refractivity contribution >= 4 is 11.7 Å². The average molecular weight is 348 g/mol. The first kappa shape index (κ1) is 16.4. The summed E-state index contributed by atoms with van der Waals surface area (Å²) in [6, 6.07) is 19.2. The Morgan fingerprint density at radius 2 is 1.85 bits per heavy atom. The summed E-state index contributed by atoms with van der Waals surface area (Å²) < 4.78 is 7.93. The first-order valence-corrected chi connectivity index (χ1v) is 8.61. The molecule has 4 rings (SSSR count). The van der Waals surface area contributed by atoms with Gasteiger partial charge in [0.2, 0.25) is 0 Å². The number of ether oxygens (including phenoxy) is 1. The third-order valence-corrected chi connectivity index (χ3v) is 4.30. The van der Waals surface area contributed by atoms with Crippen LogP contribution in [0.15, 0.2) is 66.9 Å². The molecule has 1 aliphatic heterocycles. The largest absolute Gasteiger partial charge is 0.367 e. The van der Waals surface area contributed by atoms with Crippen molar-refractivity contribution in [2.24, 2.45) is 0 Å². The quantitative estimate of drug-likeness (QED) is 0.760. The molecule has 6 nitrogen and oxygen atoms in total. The second kappa shape index (κ2) is 7.41. The van der Waals surface area contributed by atoms with Gasteiger partial charge in [0, 0.05) is 24.0 Å². The van der Waals surface area contributed by atoms with Crippen molar-refractivity contribution in [1.29, 1.82) is 0 Å². The van der Waals surface area contributed by atoms with Gasteiger partial charge in [-0.1, -0.05) is 48.5 Å². The highest BCUT2D eigenvalue weighted by molar-refractivity contribution is 5.89. The van der Waals surface area contributed by atoms with E-state index in [1.807, 2.05) is 66.9 Å². The van der Waals surface area contributed by atoms with Crippen LogP contribution in [-0.4, -0.2) is 28.2 Å². The summed E-state index contributed by atoms with van der Waals surface area (Å²) in [5.41, 5.74) is 2.80. The van der Waals surface area contributed by atoms with Crippen LogP contribution in [0.25, 0.3) is 11.3 Å². The van der Waals surface area contributed by atoms with Gasteiger partial charge in [0.25, 0.3) is 0 Å². The van der Waals surface area contributed by atoms with E-state index in [0.29, 0.717) is 19.7 Å². The number of imidazole rings is 1. The zero-order chi connectivity index (χ0) is 17.8. The number of carbonyl (C=O) groups is 1. The average Bonchev–Trinajstić information content (AvgIpc) is 3.11. The van der Waals surface area contributed by atoms with E-state index in [0.717, 1.165) is 22.8 Å². The smallest absolute Gasteiger partial charge is 0.319 e. The van der Waals surface area contributed by atoms with Gasteiger partial charge in [-0.05, 0) is 12.1 Å². The Morgan fingerprint density at radius 3 is 2.62 bits per heavy atom. The first-order valence-electron chi connectivity index (χ1n) is 8.61. The van der Waals surface area contributed by atoms with Crippen LogP contribution in [0.4, 0.5) is 10.5 Å². The molecule has 3 aromatic rings. The molecule has 2 heterocycles. The number of rotatable bonds is 4. The molecule has 6 heteroatoms. The number of para-hydroxylation sites is 1. The lowest BCUT2D eigenvalue weighted by atomic mass is 10.2. The van der Waals surface area contributed by atoms with Crippen molar-refractivity contribution < 1.29 is 9.53 Å². The predicted molar refractivity (Wildman–Crippen MR) is 99.7 cm³/mol. The molecule has 0 unspecified atom stereocenters. The Bertz CT molecular complexity index is 877. The Hall–Kier alpha value is -3.12. The molecule has 132 valence electrons. The van der Waals surface area contributed by atoms with Crippen molar-refractivity contribution in [2.75, 3.05) is 11.9 Å². The van der Waals surface area contributed by atoms with Crippen LogP contribution in [-0.2, 0) is 17.9 Å². The van der Waals surface area contributed by atoms with Gasteiger partial charge >= 0.3 is 6.03 Å². The third-order valence-electron chi connectivity index (χ3n) is 4.30. The molecule has 1 aliphatic rings. The summed E-state index contributed by atoms with van der Waals surface area (Å²) in [5.74, 6) is 0.911. The Balaban J connectivity index is 1.34. The molecule has 0 fully saturated rings. The molecule has 0 spiro atoms. The Labute approximate surface area is 151 Å². The number of benzene rings is 2. The number of hydrogen-bond acceptors (Lipinski definition) is 3. The summed E-state index contributed by atoms with van der Waals surface area (Å²) in [7, 11) is 0. The van der Waals surface area contributed by atoms with Crippen LogP contribution in [0.2, 0.25) is 0 Å². The number of carbonyl (C=O) groups excluding carboxylic acids is 1. The second-order valence-electron chi connectivity index (χ2n) is 6.19. The van der Waals surface area contributed by atoms with Crippen LogP contribution in [0, 0.1) is 0 Å². The highest BCUT2D eigenvalue weighted by atomic mass is 16.5. The van der Waals surface area contributed by atoms with E-state index in [9.17, 15) is 4.79 Å². The molecular formula is C20H20N4O2. The number of aromatic nitrogens is 2. The molecule has 0 saturated carbocycles. The maximum atomic E-state index is 12.0. The Kier molecular flexibility index (Phi) is 4.66. The SMILES string of the molecule is O=C(NC[C@H]1Cn2cc(-c3ccccc3)nc2CO1)Nc1ccccc1. The standard InChI is InChI=1S/C20H20N4O2/c25-20(22-16-9-5-2-6-10-16)21-11-17-12-24-13-18(23-19(24)14-26-17)15-7-3-1-4-8-15/h1-10,13,17H,11-12,14H2,(H2,21,22,25)/t17-/m0/s1. The molecule has 1 aromatic heterocycles. The molecule has 0 bridgehead atoms. The lowest BCUT2D eigenvalue weighted by molar-refractivity contribution is 0.00467. The van der Waals surface area contributed by atoms with Crippen molar-refractivity contribution in [1.82, 2.24) is 14.9 Å². The van der Waals surface area contributed by atoms with Crippen molar-refractivity contribution in [3.05, 3.63) is 72.7 Å². The molecule has 0 aliphatic carbocycles. The maximum absolute atomic E-state index is 12.0. The van der Waals surface area contributed by atoms with Crippen LogP contribution >= 0.6 is 0 Å². The summed E-state index contributed by atoms with van der Waals surface area (Å²) in [6.45, 7) is 1.55. The van der Waals surface area contributed by atoms with Crippen molar-refractivity contribution in [3.8, 4) is 11.3 Å². The van der Waals surface area contributed by atoms with Gasteiger partial charge in [-0.25, -0.2) is 9.78 Å². The molecule has 2 N–H and O–H groups in total. The highest BCUT2D eigenvalue weighted by Crippen LogP contribution is 2.21. The van der Waals surface area contributed by atoms with E-state index >= 15 is 0 Å². The summed E-state index contributed by atoms with van der Waals surface area (Å²) >= 11 is 0. The monoisotopic (exact) mass is 348 g/mol. The first-order chi connectivity index (χ1) is 12.8. The number of anilines is 1. The number of amides is 2. The molecule has 1 atom stereocenters. The van der Waals surface area contributed by atoms with Gasteiger partial charge in [-0.2, -0.15) is 0 Å². The van der Waals surface area contributed by atoms with Gasteiger partial charge in [0.15, 0.2) is 0 Å². The minimum atomic E-state index is -0.235. The van der Waals surface area contributed by atoms with E-state index in [1.54, 1.807) is 0 Å². The lowest BCUT2D eigenvalue weighted by Gasteiger charge is -2.24. The minimum absolute atomic E-state index is 0.0816. The zero-order valence-corrected chi connectivity index (χ0v) is 14.3. The van der Waals surface area contributed by atoms with Gasteiger partial charge in [-0.15, -0.1) is 0 Å². The molecule has 0 radical (unpaired) electrons. The normalized spacial score (nSPS) is 15.9. The lowest BCUT2D eigenvalue weighted by Crippen LogP contribution is -2.40. The summed E-state index contributed by atoms with van der Waals surface area (Å²) in [6.07, 6.45) is 1.96. The molecule has 26 heavy (non-hydrogen) atoms. The molecule has 0 saturated heterocycles. The van der Waals surface area contributed by atoms with E-state index in [4.69, 9.17) is 4.74 Å². The molecule has 2 amide bonds. The third kappa shape index (κ3) is 3.75. The topological polar surface area (TPSA) is 68.2 Å². The minimum Gasteiger partial charge on any atom is -0.367 e. The van der Waals surface area contributed by atoms with E-state index in [1.165, 1.54) is 0 Å². The fourth-order valence-electron chi connectivity index (χ4n) is 2.97. The summed E-state index contributed by atoms with van der Waals surface area (Å²) in [5, 5.41) is 5.66. The van der Waals surface area contributed by atoms with Crippen LogP contribution in [0.1, 0.15) is 5.82 Å².